The second-order valence-corrected chi connectivity index (χ2v) is 9.10. The molecule has 1 aliphatic heterocycles. The van der Waals surface area contributed by atoms with Crippen LogP contribution < -0.4 is 5.76 Å². The van der Waals surface area contributed by atoms with Crippen molar-refractivity contribution in [2.45, 2.75) is 38.5 Å². The molecular formula is C18H22N2O7S. The van der Waals surface area contributed by atoms with Gasteiger partial charge in [0.2, 0.25) is 0 Å². The van der Waals surface area contributed by atoms with Crippen LogP contribution in [0.15, 0.2) is 33.5 Å². The van der Waals surface area contributed by atoms with Crippen molar-refractivity contribution in [3.63, 3.8) is 0 Å². The van der Waals surface area contributed by atoms with Crippen LogP contribution >= 0.6 is 0 Å². The van der Waals surface area contributed by atoms with Gasteiger partial charge in [0.25, 0.3) is 5.91 Å². The summed E-state index contributed by atoms with van der Waals surface area (Å²) in [4.78, 5) is 37.8. The lowest BCUT2D eigenvalue weighted by molar-refractivity contribution is -0.159. The van der Waals surface area contributed by atoms with E-state index in [1.165, 1.54) is 23.4 Å². The highest BCUT2D eigenvalue weighted by molar-refractivity contribution is 7.91. The normalized spacial score (nSPS) is 19.4. The van der Waals surface area contributed by atoms with Crippen LogP contribution in [0.1, 0.15) is 19.8 Å². The Balaban J connectivity index is 1.56. The van der Waals surface area contributed by atoms with Crippen LogP contribution in [0.3, 0.4) is 0 Å². The van der Waals surface area contributed by atoms with Crippen molar-refractivity contribution in [2.75, 3.05) is 18.6 Å². The third kappa shape index (κ3) is 4.27. The van der Waals surface area contributed by atoms with Crippen LogP contribution in [0, 0.1) is 0 Å². The number of hydrogen-bond donors (Lipinski definition) is 0. The maximum Gasteiger partial charge on any atom is 0.419 e. The second-order valence-electron chi connectivity index (χ2n) is 6.88. The molecule has 10 heteroatoms. The molecule has 0 aliphatic carbocycles. The van der Waals surface area contributed by atoms with Crippen LogP contribution in [0.2, 0.25) is 0 Å². The third-order valence-electron chi connectivity index (χ3n) is 4.87. The Labute approximate surface area is 161 Å². The molecule has 0 N–H and O–H groups in total. The van der Waals surface area contributed by atoms with E-state index in [1.807, 2.05) is 0 Å². The van der Waals surface area contributed by atoms with E-state index in [1.54, 1.807) is 24.3 Å². The van der Waals surface area contributed by atoms with Gasteiger partial charge < -0.3 is 14.1 Å². The Morgan fingerprint density at radius 1 is 1.36 bits per heavy atom. The molecule has 1 saturated heterocycles. The Morgan fingerprint density at radius 3 is 2.75 bits per heavy atom. The number of benzene rings is 1. The summed E-state index contributed by atoms with van der Waals surface area (Å²) < 4.78 is 34.8. The summed E-state index contributed by atoms with van der Waals surface area (Å²) in [6.45, 7) is 1.51. The molecule has 0 radical (unpaired) electrons. The summed E-state index contributed by atoms with van der Waals surface area (Å²) >= 11 is 0. The van der Waals surface area contributed by atoms with E-state index < -0.39 is 39.6 Å². The number of oxazole rings is 1. The van der Waals surface area contributed by atoms with Gasteiger partial charge in [-0.1, -0.05) is 12.1 Å². The molecule has 9 nitrogen and oxygen atoms in total. The minimum Gasteiger partial charge on any atom is -0.452 e. The van der Waals surface area contributed by atoms with Gasteiger partial charge in [-0.2, -0.15) is 0 Å². The second kappa shape index (κ2) is 7.78. The number of fused-ring (bicyclic) bond motifs is 1. The molecule has 3 rings (SSSR count). The average Bonchev–Trinajstić information content (AvgIpc) is 3.17. The summed E-state index contributed by atoms with van der Waals surface area (Å²) in [5.41, 5.74) is 1.00. The van der Waals surface area contributed by atoms with Crippen LogP contribution in [0.25, 0.3) is 11.1 Å². The fourth-order valence-corrected chi connectivity index (χ4v) is 5.06. The van der Waals surface area contributed by atoms with Gasteiger partial charge in [0.05, 0.1) is 23.4 Å². The summed E-state index contributed by atoms with van der Waals surface area (Å²) in [6, 6.07) is 6.46. The molecule has 1 aromatic carbocycles. The molecule has 2 heterocycles. The number of esters is 1. The van der Waals surface area contributed by atoms with Gasteiger partial charge in [-0.3, -0.25) is 14.2 Å². The lowest BCUT2D eigenvalue weighted by Crippen LogP contribution is -2.44. The molecule has 0 bridgehead atoms. The number of aromatic nitrogens is 1. The first-order chi connectivity index (χ1) is 13.2. The van der Waals surface area contributed by atoms with Crippen molar-refractivity contribution in [1.29, 1.82) is 0 Å². The fourth-order valence-electron chi connectivity index (χ4n) is 3.28. The summed E-state index contributed by atoms with van der Waals surface area (Å²) in [5.74, 6) is -1.68. The molecule has 1 aliphatic rings. The van der Waals surface area contributed by atoms with Crippen LogP contribution in [-0.2, 0) is 30.7 Å². The number of carbonyl (C=O) groups is 2. The van der Waals surface area contributed by atoms with Crippen LogP contribution in [0.4, 0.5) is 0 Å². The first-order valence-electron chi connectivity index (χ1n) is 8.93. The van der Waals surface area contributed by atoms with E-state index in [0.29, 0.717) is 17.5 Å². The minimum atomic E-state index is -3.12. The molecule has 2 aromatic rings. The van der Waals surface area contributed by atoms with Crippen molar-refractivity contribution in [3.8, 4) is 0 Å². The number of nitrogens with zero attached hydrogens (tertiary/aromatic N) is 2. The molecule has 2 atom stereocenters. The first kappa shape index (κ1) is 20.1. The molecule has 0 spiro atoms. The highest BCUT2D eigenvalue weighted by Crippen LogP contribution is 2.18. The quantitative estimate of drug-likeness (QED) is 0.639. The zero-order valence-electron chi connectivity index (χ0n) is 15.7. The minimum absolute atomic E-state index is 0.0524. The largest absolute Gasteiger partial charge is 0.452 e. The van der Waals surface area contributed by atoms with Gasteiger partial charge in [0.15, 0.2) is 21.5 Å². The number of aryl methyl sites for hydroxylation is 1. The third-order valence-corrected chi connectivity index (χ3v) is 6.62. The summed E-state index contributed by atoms with van der Waals surface area (Å²) in [5, 5.41) is 0. The van der Waals surface area contributed by atoms with Crippen molar-refractivity contribution in [1.82, 2.24) is 9.47 Å². The van der Waals surface area contributed by atoms with Gasteiger partial charge in [-0.25, -0.2) is 13.2 Å². The number of ether oxygens (including phenoxy) is 1. The fraction of sp³-hybridized carbons (Fsp3) is 0.500. The Kier molecular flexibility index (Phi) is 5.59. The van der Waals surface area contributed by atoms with Crippen molar-refractivity contribution in [2.24, 2.45) is 0 Å². The maximum absolute atomic E-state index is 12.4. The zero-order valence-corrected chi connectivity index (χ0v) is 16.5. The lowest BCUT2D eigenvalue weighted by atomic mass is 10.2. The van der Waals surface area contributed by atoms with Gasteiger partial charge >= 0.3 is 11.7 Å². The van der Waals surface area contributed by atoms with Crippen LogP contribution in [-0.4, -0.2) is 60.5 Å². The number of rotatable bonds is 6. The Bertz CT molecular complexity index is 1050. The van der Waals surface area contributed by atoms with Crippen LogP contribution in [0.5, 0.6) is 0 Å². The average molecular weight is 410 g/mol. The highest BCUT2D eigenvalue weighted by Gasteiger charge is 2.34. The number of para-hydroxylation sites is 2. The van der Waals surface area contributed by atoms with E-state index in [9.17, 15) is 22.8 Å². The maximum atomic E-state index is 12.4. The topological polar surface area (TPSA) is 116 Å². The molecule has 1 amide bonds. The summed E-state index contributed by atoms with van der Waals surface area (Å²) in [6.07, 6.45) is -0.775. The number of amides is 1. The first-order valence-corrected chi connectivity index (χ1v) is 10.7. The van der Waals surface area contributed by atoms with Gasteiger partial charge in [-0.05, 0) is 25.5 Å². The van der Waals surface area contributed by atoms with Gasteiger partial charge in [0, 0.05) is 19.6 Å². The van der Waals surface area contributed by atoms with Gasteiger partial charge in [-0.15, -0.1) is 0 Å². The number of likely N-dealkylation sites (N-methyl/N-ethyl adjacent to an activating group) is 1. The van der Waals surface area contributed by atoms with Gasteiger partial charge in [0.1, 0.15) is 0 Å². The van der Waals surface area contributed by atoms with E-state index in [0.717, 1.165) is 0 Å². The molecule has 0 unspecified atom stereocenters. The van der Waals surface area contributed by atoms with E-state index >= 15 is 0 Å². The molecule has 1 aromatic heterocycles. The zero-order chi connectivity index (χ0) is 20.5. The smallest absolute Gasteiger partial charge is 0.419 e. The van der Waals surface area contributed by atoms with E-state index in [4.69, 9.17) is 9.15 Å². The Hall–Kier alpha value is -2.62. The Morgan fingerprint density at radius 2 is 2.07 bits per heavy atom. The summed E-state index contributed by atoms with van der Waals surface area (Å²) in [7, 11) is -1.61. The predicted molar refractivity (Wildman–Crippen MR) is 100 cm³/mol. The molecular weight excluding hydrogens is 388 g/mol. The van der Waals surface area contributed by atoms with E-state index in [2.05, 4.69) is 0 Å². The van der Waals surface area contributed by atoms with Crippen molar-refractivity contribution < 1.29 is 27.2 Å². The molecule has 28 heavy (non-hydrogen) atoms. The lowest BCUT2D eigenvalue weighted by Gasteiger charge is -2.26. The van der Waals surface area contributed by atoms with Crippen molar-refractivity contribution >= 4 is 32.8 Å². The standard InChI is InChI=1S/C18H22N2O7S/c1-12(17(22)19(2)13-8-10-28(24,25)11-13)26-16(21)7-9-20-14-5-3-4-6-15(14)27-18(20)23/h3-6,12-13H,7-11H2,1-2H3/t12-,13+/m0/s1. The highest BCUT2D eigenvalue weighted by atomic mass is 32.2. The monoisotopic (exact) mass is 410 g/mol. The van der Waals surface area contributed by atoms with Crippen molar-refractivity contribution in [3.05, 3.63) is 34.8 Å². The number of sulfone groups is 1. The number of hydrogen-bond acceptors (Lipinski definition) is 7. The number of carbonyl (C=O) groups excluding carboxylic acids is 2. The SMILES string of the molecule is C[C@H](OC(=O)CCn1c(=O)oc2ccccc21)C(=O)N(C)[C@@H]1CCS(=O)(=O)C1. The predicted octanol–water partition coefficient (Wildman–Crippen LogP) is 0.562. The van der Waals surface area contributed by atoms with E-state index in [-0.39, 0.29) is 24.5 Å². The molecule has 0 saturated carbocycles. The molecule has 1 fully saturated rings. The molecule has 152 valence electrons.